The highest BCUT2D eigenvalue weighted by Gasteiger charge is 2.07. The summed E-state index contributed by atoms with van der Waals surface area (Å²) in [5.41, 5.74) is 0. The Kier molecular flexibility index (Phi) is 2.53. The van der Waals surface area contributed by atoms with Gasteiger partial charge < -0.3 is 9.84 Å². The van der Waals surface area contributed by atoms with E-state index in [9.17, 15) is 9.50 Å². The number of halogens is 2. The fourth-order valence-corrected chi connectivity index (χ4v) is 1.26. The van der Waals surface area contributed by atoms with E-state index in [0.29, 0.717) is 3.57 Å². The van der Waals surface area contributed by atoms with E-state index in [4.69, 9.17) is 4.74 Å². The van der Waals surface area contributed by atoms with Gasteiger partial charge in [-0.3, -0.25) is 0 Å². The van der Waals surface area contributed by atoms with Crippen LogP contribution in [-0.2, 0) is 0 Å². The largest absolute Gasteiger partial charge is 0.504 e. The summed E-state index contributed by atoms with van der Waals surface area (Å²) in [6.07, 6.45) is 0. The van der Waals surface area contributed by atoms with E-state index in [1.54, 1.807) is 0 Å². The predicted octanol–water partition coefficient (Wildman–Crippen LogP) is 2.14. The predicted molar refractivity (Wildman–Crippen MR) is 47.3 cm³/mol. The monoisotopic (exact) mass is 268 g/mol. The first-order chi connectivity index (χ1) is 5.15. The minimum absolute atomic E-state index is 0.0190. The molecule has 0 unspecified atom stereocenters. The number of methoxy groups -OCH3 is 1. The first-order valence-electron chi connectivity index (χ1n) is 2.87. The zero-order valence-electron chi connectivity index (χ0n) is 5.77. The van der Waals surface area contributed by atoms with Crippen LogP contribution in [0.2, 0.25) is 0 Å². The van der Waals surface area contributed by atoms with Crippen LogP contribution in [0, 0.1) is 9.39 Å². The summed E-state index contributed by atoms with van der Waals surface area (Å²) < 4.78 is 17.8. The number of phenolic OH excluding ortho intramolecular Hbond substituents is 1. The molecule has 0 amide bonds. The third-order valence-electron chi connectivity index (χ3n) is 1.21. The van der Waals surface area contributed by atoms with Crippen molar-refractivity contribution in [1.82, 2.24) is 0 Å². The van der Waals surface area contributed by atoms with Crippen LogP contribution in [0.3, 0.4) is 0 Å². The fourth-order valence-electron chi connectivity index (χ4n) is 0.698. The van der Waals surface area contributed by atoms with Crippen LogP contribution >= 0.6 is 22.6 Å². The van der Waals surface area contributed by atoms with Crippen LogP contribution in [0.5, 0.6) is 11.5 Å². The number of hydrogen-bond donors (Lipinski definition) is 1. The lowest BCUT2D eigenvalue weighted by Crippen LogP contribution is -1.87. The molecule has 2 nitrogen and oxygen atoms in total. The number of aromatic hydroxyl groups is 1. The molecule has 0 aromatic heterocycles. The van der Waals surface area contributed by atoms with Crippen LogP contribution < -0.4 is 4.74 Å². The van der Waals surface area contributed by atoms with E-state index in [1.807, 2.05) is 22.6 Å². The minimum Gasteiger partial charge on any atom is -0.504 e. The van der Waals surface area contributed by atoms with Gasteiger partial charge in [0.25, 0.3) is 0 Å². The molecule has 0 bridgehead atoms. The molecule has 0 saturated carbocycles. The molecule has 1 N–H and O–H groups in total. The Morgan fingerprint density at radius 1 is 1.55 bits per heavy atom. The zero-order valence-corrected chi connectivity index (χ0v) is 7.92. The number of ether oxygens (including phenoxy) is 1. The first kappa shape index (κ1) is 8.58. The minimum atomic E-state index is -0.413. The van der Waals surface area contributed by atoms with Crippen molar-refractivity contribution in [2.45, 2.75) is 0 Å². The van der Waals surface area contributed by atoms with Crippen molar-refractivity contribution in [3.05, 3.63) is 21.5 Å². The summed E-state index contributed by atoms with van der Waals surface area (Å²) >= 11 is 1.83. The summed E-state index contributed by atoms with van der Waals surface area (Å²) in [4.78, 5) is 0. The van der Waals surface area contributed by atoms with E-state index in [0.717, 1.165) is 6.07 Å². The Hall–Kier alpha value is -0.520. The van der Waals surface area contributed by atoms with Gasteiger partial charge in [0.15, 0.2) is 11.5 Å². The van der Waals surface area contributed by atoms with Gasteiger partial charge >= 0.3 is 0 Å². The molecule has 0 aliphatic carbocycles. The zero-order chi connectivity index (χ0) is 8.43. The van der Waals surface area contributed by atoms with E-state index in [2.05, 4.69) is 0 Å². The second-order valence-electron chi connectivity index (χ2n) is 1.94. The molecule has 0 saturated heterocycles. The Balaban J connectivity index is 3.24. The van der Waals surface area contributed by atoms with Crippen molar-refractivity contribution in [3.8, 4) is 11.5 Å². The molecule has 60 valence electrons. The molecule has 0 atom stereocenters. The highest BCUT2D eigenvalue weighted by molar-refractivity contribution is 14.1. The summed E-state index contributed by atoms with van der Waals surface area (Å²) in [7, 11) is 1.38. The third-order valence-corrected chi connectivity index (χ3v) is 2.04. The smallest absolute Gasteiger partial charge is 0.171 e. The summed E-state index contributed by atoms with van der Waals surface area (Å²) in [5, 5.41) is 9.22. The van der Waals surface area contributed by atoms with Crippen molar-refractivity contribution in [2.75, 3.05) is 7.11 Å². The van der Waals surface area contributed by atoms with Crippen molar-refractivity contribution >= 4 is 22.6 Å². The van der Waals surface area contributed by atoms with Gasteiger partial charge in [-0.25, -0.2) is 4.39 Å². The van der Waals surface area contributed by atoms with Crippen LogP contribution in [-0.4, -0.2) is 12.2 Å². The number of hydrogen-bond acceptors (Lipinski definition) is 2. The fraction of sp³-hybridized carbons (Fsp3) is 0.143. The highest BCUT2D eigenvalue weighted by Crippen LogP contribution is 2.31. The van der Waals surface area contributed by atoms with Gasteiger partial charge in [-0.1, -0.05) is 0 Å². The van der Waals surface area contributed by atoms with Crippen LogP contribution in [0.15, 0.2) is 12.1 Å². The molecular weight excluding hydrogens is 262 g/mol. The average Bonchev–Trinajstić information content (AvgIpc) is 1.96. The van der Waals surface area contributed by atoms with Crippen molar-refractivity contribution in [3.63, 3.8) is 0 Å². The maximum absolute atomic E-state index is 12.6. The van der Waals surface area contributed by atoms with Gasteiger partial charge in [0, 0.05) is 6.07 Å². The van der Waals surface area contributed by atoms with Gasteiger partial charge in [-0.05, 0) is 28.7 Å². The van der Waals surface area contributed by atoms with Gasteiger partial charge in [-0.15, -0.1) is 0 Å². The average molecular weight is 268 g/mol. The first-order valence-corrected chi connectivity index (χ1v) is 3.95. The maximum Gasteiger partial charge on any atom is 0.171 e. The summed E-state index contributed by atoms with van der Waals surface area (Å²) in [6.45, 7) is 0. The summed E-state index contributed by atoms with van der Waals surface area (Å²) in [5.74, 6) is -0.270. The molecule has 11 heavy (non-hydrogen) atoms. The van der Waals surface area contributed by atoms with E-state index < -0.39 is 5.82 Å². The molecule has 0 fully saturated rings. The Morgan fingerprint density at radius 2 is 2.18 bits per heavy atom. The van der Waals surface area contributed by atoms with Gasteiger partial charge in [-0.2, -0.15) is 0 Å². The lowest BCUT2D eigenvalue weighted by Gasteiger charge is -2.03. The highest BCUT2D eigenvalue weighted by atomic mass is 127. The number of phenols is 1. The SMILES string of the molecule is COc1cc(F)cc(I)c1O. The molecular formula is C7H6FIO2. The molecule has 1 rings (SSSR count). The molecule has 0 aliphatic rings. The Labute approximate surface area is 77.1 Å². The van der Waals surface area contributed by atoms with E-state index in [1.165, 1.54) is 13.2 Å². The van der Waals surface area contributed by atoms with Crippen molar-refractivity contribution in [2.24, 2.45) is 0 Å². The van der Waals surface area contributed by atoms with Gasteiger partial charge in [0.05, 0.1) is 10.7 Å². The standard InChI is InChI=1S/C7H6FIO2/c1-11-6-3-4(8)2-5(9)7(6)10/h2-3,10H,1H3. The molecule has 0 aliphatic heterocycles. The second-order valence-corrected chi connectivity index (χ2v) is 3.10. The maximum atomic E-state index is 12.6. The number of rotatable bonds is 1. The summed E-state index contributed by atoms with van der Waals surface area (Å²) in [6, 6.07) is 2.37. The van der Waals surface area contributed by atoms with E-state index >= 15 is 0 Å². The van der Waals surface area contributed by atoms with E-state index in [-0.39, 0.29) is 11.5 Å². The lowest BCUT2D eigenvalue weighted by atomic mass is 10.3. The molecule has 1 aromatic carbocycles. The molecule has 0 spiro atoms. The van der Waals surface area contributed by atoms with Crippen LogP contribution in [0.25, 0.3) is 0 Å². The molecule has 1 aromatic rings. The normalized spacial score (nSPS) is 9.73. The molecule has 0 heterocycles. The molecule has 4 heteroatoms. The van der Waals surface area contributed by atoms with Crippen LogP contribution in [0.4, 0.5) is 4.39 Å². The quantitative estimate of drug-likeness (QED) is 0.791. The number of benzene rings is 1. The second kappa shape index (κ2) is 3.25. The van der Waals surface area contributed by atoms with Gasteiger partial charge in [0.2, 0.25) is 0 Å². The molecule has 0 radical (unpaired) electrons. The van der Waals surface area contributed by atoms with Crippen molar-refractivity contribution in [1.29, 1.82) is 0 Å². The van der Waals surface area contributed by atoms with Crippen LogP contribution in [0.1, 0.15) is 0 Å². The lowest BCUT2D eigenvalue weighted by molar-refractivity contribution is 0.368. The van der Waals surface area contributed by atoms with Gasteiger partial charge in [0.1, 0.15) is 5.82 Å². The van der Waals surface area contributed by atoms with Crippen molar-refractivity contribution < 1.29 is 14.2 Å². The topological polar surface area (TPSA) is 29.5 Å². The third kappa shape index (κ3) is 1.74. The Bertz CT molecular complexity index is 275. The Morgan fingerprint density at radius 3 is 2.73 bits per heavy atom.